The lowest BCUT2D eigenvalue weighted by Gasteiger charge is -2.09. The maximum Gasteiger partial charge on any atom is 0.269 e. The van der Waals surface area contributed by atoms with Crippen LogP contribution in [0.25, 0.3) is 0 Å². The number of nitrogens with zero attached hydrogens (tertiary/aromatic N) is 2. The predicted octanol–water partition coefficient (Wildman–Crippen LogP) is 3.12. The summed E-state index contributed by atoms with van der Waals surface area (Å²) in [5.74, 6) is -0.289. The topological polar surface area (TPSA) is 128 Å². The molecule has 9 heteroatoms. The van der Waals surface area contributed by atoms with E-state index in [0.29, 0.717) is 11.3 Å². The van der Waals surface area contributed by atoms with E-state index in [1.807, 2.05) is 0 Å². The van der Waals surface area contributed by atoms with Crippen molar-refractivity contribution in [2.75, 3.05) is 5.32 Å². The van der Waals surface area contributed by atoms with Gasteiger partial charge in [0.2, 0.25) is 0 Å². The van der Waals surface area contributed by atoms with Crippen molar-refractivity contribution in [1.29, 1.82) is 0 Å². The molecule has 2 aromatic carbocycles. The van der Waals surface area contributed by atoms with Crippen LogP contribution in [-0.2, 0) is 6.61 Å². The van der Waals surface area contributed by atoms with Crippen LogP contribution >= 0.6 is 0 Å². The molecule has 0 bridgehead atoms. The smallest absolute Gasteiger partial charge is 0.269 e. The van der Waals surface area contributed by atoms with Gasteiger partial charge in [-0.2, -0.15) is 0 Å². The van der Waals surface area contributed by atoms with Gasteiger partial charge in [0.05, 0.1) is 10.5 Å². The number of hydrogen-bond donors (Lipinski definition) is 2. The molecule has 0 radical (unpaired) electrons. The average molecular weight is 355 g/mol. The number of nitrogens with one attached hydrogen (secondary N) is 1. The second-order valence-electron chi connectivity index (χ2n) is 5.23. The van der Waals surface area contributed by atoms with Crippen LogP contribution in [0.1, 0.15) is 15.9 Å². The van der Waals surface area contributed by atoms with Crippen LogP contribution in [0.15, 0.2) is 59.3 Å². The molecule has 2 N–H and O–H groups in total. The standard InChI is InChI=1S/C17H13N3O6/c21-15-5-4-13(9-14(15)17(22)18-16-6-7-26-19-16)25-10-11-2-1-3-12(8-11)20(23)24/h1-9,21H,10H2,(H,18,19,22). The minimum atomic E-state index is -0.586. The molecular formula is C17H13N3O6. The molecule has 0 fully saturated rings. The second kappa shape index (κ2) is 7.34. The van der Waals surface area contributed by atoms with Gasteiger partial charge in [0, 0.05) is 18.2 Å². The van der Waals surface area contributed by atoms with Crippen molar-refractivity contribution in [3.05, 3.63) is 76.0 Å². The Morgan fingerprint density at radius 1 is 1.27 bits per heavy atom. The maximum atomic E-state index is 12.2. The summed E-state index contributed by atoms with van der Waals surface area (Å²) in [4.78, 5) is 22.5. The number of carbonyl (C=O) groups excluding carboxylic acids is 1. The Labute approximate surface area is 147 Å². The van der Waals surface area contributed by atoms with Crippen LogP contribution in [0.2, 0.25) is 0 Å². The van der Waals surface area contributed by atoms with Gasteiger partial charge in [0.15, 0.2) is 5.82 Å². The number of aromatic hydroxyl groups is 1. The highest BCUT2D eigenvalue weighted by Gasteiger charge is 2.14. The van der Waals surface area contributed by atoms with Crippen LogP contribution < -0.4 is 10.1 Å². The molecule has 132 valence electrons. The highest BCUT2D eigenvalue weighted by molar-refractivity contribution is 6.05. The molecule has 0 saturated carbocycles. The Morgan fingerprint density at radius 3 is 2.85 bits per heavy atom. The molecule has 9 nitrogen and oxygen atoms in total. The summed E-state index contributed by atoms with van der Waals surface area (Å²) in [6.45, 7) is 0.0663. The van der Waals surface area contributed by atoms with Gasteiger partial charge in [-0.3, -0.25) is 14.9 Å². The fraction of sp³-hybridized carbons (Fsp3) is 0.0588. The Kier molecular flexibility index (Phi) is 4.79. The molecule has 0 aliphatic heterocycles. The Bertz CT molecular complexity index is 939. The number of nitro benzene ring substituents is 1. The number of carbonyl (C=O) groups is 1. The van der Waals surface area contributed by atoms with Crippen molar-refractivity contribution >= 4 is 17.4 Å². The zero-order valence-electron chi connectivity index (χ0n) is 13.3. The number of amides is 1. The van der Waals surface area contributed by atoms with Crippen molar-refractivity contribution in [3.63, 3.8) is 0 Å². The van der Waals surface area contributed by atoms with Crippen molar-refractivity contribution in [3.8, 4) is 11.5 Å². The number of ether oxygens (including phenoxy) is 1. The number of hydrogen-bond acceptors (Lipinski definition) is 7. The van der Waals surface area contributed by atoms with Gasteiger partial charge in [-0.1, -0.05) is 17.3 Å². The minimum Gasteiger partial charge on any atom is -0.507 e. The normalized spacial score (nSPS) is 10.3. The van der Waals surface area contributed by atoms with E-state index in [4.69, 9.17) is 4.74 Å². The van der Waals surface area contributed by atoms with Crippen molar-refractivity contribution in [2.24, 2.45) is 0 Å². The van der Waals surface area contributed by atoms with E-state index >= 15 is 0 Å². The highest BCUT2D eigenvalue weighted by Crippen LogP contribution is 2.25. The molecule has 1 heterocycles. The number of anilines is 1. The minimum absolute atomic E-state index is 0.00968. The Hall–Kier alpha value is -3.88. The molecule has 0 atom stereocenters. The van der Waals surface area contributed by atoms with Crippen LogP contribution in [-0.4, -0.2) is 21.1 Å². The zero-order valence-corrected chi connectivity index (χ0v) is 13.3. The lowest BCUT2D eigenvalue weighted by Crippen LogP contribution is -2.12. The predicted molar refractivity (Wildman–Crippen MR) is 90.0 cm³/mol. The van der Waals surface area contributed by atoms with Crippen LogP contribution in [0.4, 0.5) is 11.5 Å². The summed E-state index contributed by atoms with van der Waals surface area (Å²) < 4.78 is 10.2. The van der Waals surface area contributed by atoms with E-state index in [2.05, 4.69) is 15.0 Å². The summed E-state index contributed by atoms with van der Waals surface area (Å²) in [5, 5.41) is 26.7. The van der Waals surface area contributed by atoms with Gasteiger partial charge < -0.3 is 19.7 Å². The first-order valence-electron chi connectivity index (χ1n) is 7.44. The molecular weight excluding hydrogens is 342 g/mol. The van der Waals surface area contributed by atoms with Gasteiger partial charge >= 0.3 is 0 Å². The number of phenolic OH excluding ortho intramolecular Hbond substituents is 1. The first-order valence-corrected chi connectivity index (χ1v) is 7.44. The molecule has 0 unspecified atom stereocenters. The lowest BCUT2D eigenvalue weighted by atomic mass is 10.1. The summed E-state index contributed by atoms with van der Waals surface area (Å²) in [5.41, 5.74) is 0.551. The molecule has 1 aromatic heterocycles. The summed E-state index contributed by atoms with van der Waals surface area (Å²) in [6.07, 6.45) is 1.30. The third-order valence-corrected chi connectivity index (χ3v) is 3.42. The van der Waals surface area contributed by atoms with E-state index < -0.39 is 10.8 Å². The third kappa shape index (κ3) is 3.96. The first kappa shape index (κ1) is 17.0. The SMILES string of the molecule is O=C(Nc1ccon1)c1cc(OCc2cccc([N+](=O)[O-])c2)ccc1O. The summed E-state index contributed by atoms with van der Waals surface area (Å²) in [7, 11) is 0. The number of aromatic nitrogens is 1. The first-order chi connectivity index (χ1) is 12.5. The molecule has 0 spiro atoms. The van der Waals surface area contributed by atoms with Crippen LogP contribution in [0.3, 0.4) is 0 Å². The van der Waals surface area contributed by atoms with Gasteiger partial charge in [0.25, 0.3) is 11.6 Å². The monoisotopic (exact) mass is 355 g/mol. The number of benzene rings is 2. The van der Waals surface area contributed by atoms with E-state index in [9.17, 15) is 20.0 Å². The fourth-order valence-corrected chi connectivity index (χ4v) is 2.17. The van der Waals surface area contributed by atoms with Gasteiger partial charge in [-0.05, 0) is 23.8 Å². The van der Waals surface area contributed by atoms with Crippen LogP contribution in [0, 0.1) is 10.1 Å². The van der Waals surface area contributed by atoms with E-state index in [1.165, 1.54) is 42.7 Å². The molecule has 1 amide bonds. The van der Waals surface area contributed by atoms with Gasteiger partial charge in [-0.15, -0.1) is 0 Å². The van der Waals surface area contributed by atoms with E-state index in [-0.39, 0.29) is 29.4 Å². The lowest BCUT2D eigenvalue weighted by molar-refractivity contribution is -0.384. The Balaban J connectivity index is 1.72. The van der Waals surface area contributed by atoms with Crippen molar-refractivity contribution < 1.29 is 24.1 Å². The second-order valence-corrected chi connectivity index (χ2v) is 5.23. The molecule has 0 aliphatic carbocycles. The average Bonchev–Trinajstić information content (AvgIpc) is 3.14. The number of rotatable bonds is 6. The number of non-ortho nitro benzene ring substituents is 1. The molecule has 0 saturated heterocycles. The Morgan fingerprint density at radius 2 is 2.12 bits per heavy atom. The fourth-order valence-electron chi connectivity index (χ4n) is 2.17. The highest BCUT2D eigenvalue weighted by atomic mass is 16.6. The molecule has 26 heavy (non-hydrogen) atoms. The maximum absolute atomic E-state index is 12.2. The molecule has 3 rings (SSSR count). The largest absolute Gasteiger partial charge is 0.507 e. The number of nitro groups is 1. The zero-order chi connectivity index (χ0) is 18.5. The van der Waals surface area contributed by atoms with E-state index in [1.54, 1.807) is 12.1 Å². The van der Waals surface area contributed by atoms with Crippen LogP contribution in [0.5, 0.6) is 11.5 Å². The quantitative estimate of drug-likeness (QED) is 0.513. The van der Waals surface area contributed by atoms with E-state index in [0.717, 1.165) is 0 Å². The molecule has 3 aromatic rings. The molecule has 0 aliphatic rings. The third-order valence-electron chi connectivity index (χ3n) is 3.42. The van der Waals surface area contributed by atoms with Gasteiger partial charge in [-0.25, -0.2) is 0 Å². The summed E-state index contributed by atoms with van der Waals surface area (Å²) in [6, 6.07) is 11.7. The van der Waals surface area contributed by atoms with Crippen molar-refractivity contribution in [2.45, 2.75) is 6.61 Å². The number of phenols is 1. The van der Waals surface area contributed by atoms with Crippen molar-refractivity contribution in [1.82, 2.24) is 5.16 Å². The van der Waals surface area contributed by atoms with Gasteiger partial charge in [0.1, 0.15) is 24.4 Å². The summed E-state index contributed by atoms with van der Waals surface area (Å²) >= 11 is 0.